The third kappa shape index (κ3) is 4.38. The first-order valence-corrected chi connectivity index (χ1v) is 4.53. The Morgan fingerprint density at radius 1 is 0.923 bits per heavy atom. The maximum absolute atomic E-state index is 8.87. The first-order chi connectivity index (χ1) is 6.24. The third-order valence-corrected chi connectivity index (χ3v) is 2.24. The second-order valence-electron chi connectivity index (χ2n) is 3.15. The zero-order valence-electron chi connectivity index (χ0n) is 8.02. The Morgan fingerprint density at radius 3 is 1.54 bits per heavy atom. The molecule has 0 saturated carbocycles. The highest BCUT2D eigenvalue weighted by atomic mass is 16.3. The van der Waals surface area contributed by atoms with Crippen molar-refractivity contribution in [3.05, 3.63) is 12.7 Å². The van der Waals surface area contributed by atoms with E-state index >= 15 is 0 Å². The lowest BCUT2D eigenvalue weighted by molar-refractivity contribution is -0.923. The molecule has 0 unspecified atom stereocenters. The minimum absolute atomic E-state index is 0.0633. The average molecular weight is 190 g/mol. The average Bonchev–Trinajstić information content (AvgIpc) is 2.06. The molecule has 0 bridgehead atoms. The topological polar surface area (TPSA) is 60.7 Å². The fourth-order valence-electron chi connectivity index (χ4n) is 1.52. The van der Waals surface area contributed by atoms with Crippen molar-refractivity contribution in [2.45, 2.75) is 0 Å². The molecule has 0 aromatic carbocycles. The lowest BCUT2D eigenvalue weighted by atomic mass is 10.3. The van der Waals surface area contributed by atoms with Gasteiger partial charge in [0.15, 0.2) is 0 Å². The molecule has 0 radical (unpaired) electrons. The SMILES string of the molecule is C=CC[N+](CCO)(CCO)CCO. The van der Waals surface area contributed by atoms with Crippen LogP contribution in [-0.4, -0.2) is 65.8 Å². The highest BCUT2D eigenvalue weighted by Crippen LogP contribution is 2.05. The van der Waals surface area contributed by atoms with E-state index < -0.39 is 0 Å². The third-order valence-electron chi connectivity index (χ3n) is 2.24. The van der Waals surface area contributed by atoms with Crippen LogP contribution in [0.2, 0.25) is 0 Å². The van der Waals surface area contributed by atoms with Crippen LogP contribution < -0.4 is 0 Å². The molecule has 0 spiro atoms. The molecular formula is C9H20NO3+. The zero-order chi connectivity index (χ0) is 10.2. The van der Waals surface area contributed by atoms with Gasteiger partial charge in [-0.15, -0.1) is 0 Å². The van der Waals surface area contributed by atoms with E-state index in [0.717, 1.165) is 0 Å². The normalized spacial score (nSPS) is 11.6. The Bertz CT molecular complexity index is 122. The molecule has 3 N–H and O–H groups in total. The van der Waals surface area contributed by atoms with Gasteiger partial charge in [0.1, 0.15) is 19.6 Å². The van der Waals surface area contributed by atoms with Gasteiger partial charge in [-0.25, -0.2) is 0 Å². The van der Waals surface area contributed by atoms with Crippen molar-refractivity contribution in [3.63, 3.8) is 0 Å². The van der Waals surface area contributed by atoms with Crippen LogP contribution in [0.3, 0.4) is 0 Å². The van der Waals surface area contributed by atoms with Gasteiger partial charge in [-0.2, -0.15) is 0 Å². The van der Waals surface area contributed by atoms with Gasteiger partial charge < -0.3 is 19.8 Å². The lowest BCUT2D eigenvalue weighted by Crippen LogP contribution is -2.53. The molecule has 78 valence electrons. The Morgan fingerprint density at radius 2 is 1.31 bits per heavy atom. The molecule has 0 aromatic rings. The van der Waals surface area contributed by atoms with Crippen molar-refractivity contribution in [1.82, 2.24) is 0 Å². The standard InChI is InChI=1S/C9H20NO3/c1-2-3-10(4-7-11,5-8-12)6-9-13/h2,11-13H,1,3-9H2/q+1. The van der Waals surface area contributed by atoms with Gasteiger partial charge >= 0.3 is 0 Å². The summed E-state index contributed by atoms with van der Waals surface area (Å²) in [6.45, 7) is 6.14. The summed E-state index contributed by atoms with van der Waals surface area (Å²) in [6.07, 6.45) is 1.75. The van der Waals surface area contributed by atoms with Crippen LogP contribution in [0.15, 0.2) is 12.7 Å². The number of rotatable bonds is 8. The van der Waals surface area contributed by atoms with E-state index in [4.69, 9.17) is 15.3 Å². The molecule has 0 aliphatic rings. The predicted octanol–water partition coefficient (Wildman–Crippen LogP) is -1.03. The lowest BCUT2D eigenvalue weighted by Gasteiger charge is -2.36. The number of aliphatic hydroxyl groups is 3. The summed E-state index contributed by atoms with van der Waals surface area (Å²) in [4.78, 5) is 0. The van der Waals surface area contributed by atoms with E-state index in [1.165, 1.54) is 0 Å². The Balaban J connectivity index is 4.27. The van der Waals surface area contributed by atoms with E-state index in [1.807, 2.05) is 0 Å². The monoisotopic (exact) mass is 190 g/mol. The van der Waals surface area contributed by atoms with Crippen LogP contribution in [0.5, 0.6) is 0 Å². The first-order valence-electron chi connectivity index (χ1n) is 4.53. The van der Waals surface area contributed by atoms with Gasteiger partial charge in [0.25, 0.3) is 0 Å². The van der Waals surface area contributed by atoms with Gasteiger partial charge in [-0.3, -0.25) is 0 Å². The van der Waals surface area contributed by atoms with Crippen LogP contribution in [-0.2, 0) is 0 Å². The summed E-state index contributed by atoms with van der Waals surface area (Å²) in [7, 11) is 0. The summed E-state index contributed by atoms with van der Waals surface area (Å²) in [5.74, 6) is 0. The second kappa shape index (κ2) is 7.03. The van der Waals surface area contributed by atoms with Crippen LogP contribution in [0.1, 0.15) is 0 Å². The number of aliphatic hydroxyl groups excluding tert-OH is 3. The van der Waals surface area contributed by atoms with Gasteiger partial charge in [0, 0.05) is 0 Å². The van der Waals surface area contributed by atoms with E-state index in [0.29, 0.717) is 30.7 Å². The number of hydrogen-bond acceptors (Lipinski definition) is 3. The van der Waals surface area contributed by atoms with Gasteiger partial charge in [-0.1, -0.05) is 6.58 Å². The molecule has 0 atom stereocenters. The highest BCUT2D eigenvalue weighted by molar-refractivity contribution is 4.66. The molecule has 0 aliphatic heterocycles. The number of nitrogens with zero attached hydrogens (tertiary/aromatic N) is 1. The first kappa shape index (κ1) is 12.6. The Labute approximate surface area is 79.3 Å². The molecule has 0 saturated heterocycles. The van der Waals surface area contributed by atoms with Crippen molar-refractivity contribution >= 4 is 0 Å². The summed E-state index contributed by atoms with van der Waals surface area (Å²) < 4.78 is 0.507. The van der Waals surface area contributed by atoms with Gasteiger partial charge in [0.2, 0.25) is 0 Å². The number of quaternary nitrogens is 1. The zero-order valence-corrected chi connectivity index (χ0v) is 8.02. The summed E-state index contributed by atoms with van der Waals surface area (Å²) in [5, 5.41) is 26.6. The van der Waals surface area contributed by atoms with Crippen LogP contribution in [0, 0.1) is 0 Å². The molecule has 13 heavy (non-hydrogen) atoms. The van der Waals surface area contributed by atoms with Crippen molar-refractivity contribution in [3.8, 4) is 0 Å². The Kier molecular flexibility index (Phi) is 6.80. The van der Waals surface area contributed by atoms with Crippen molar-refractivity contribution < 1.29 is 19.8 Å². The fourth-order valence-corrected chi connectivity index (χ4v) is 1.52. The van der Waals surface area contributed by atoms with E-state index in [-0.39, 0.29) is 19.8 Å². The van der Waals surface area contributed by atoms with E-state index in [1.54, 1.807) is 6.08 Å². The highest BCUT2D eigenvalue weighted by Gasteiger charge is 2.23. The molecule has 0 aliphatic carbocycles. The maximum Gasteiger partial charge on any atom is 0.102 e. The molecular weight excluding hydrogens is 170 g/mol. The fraction of sp³-hybridized carbons (Fsp3) is 0.778. The Hall–Kier alpha value is -0.420. The molecule has 0 rings (SSSR count). The molecule has 0 amide bonds. The maximum atomic E-state index is 8.87. The molecule has 4 heteroatoms. The summed E-state index contributed by atoms with van der Waals surface area (Å²) >= 11 is 0. The smallest absolute Gasteiger partial charge is 0.102 e. The molecule has 4 nitrogen and oxygen atoms in total. The van der Waals surface area contributed by atoms with Crippen LogP contribution >= 0.6 is 0 Å². The van der Waals surface area contributed by atoms with Crippen LogP contribution in [0.4, 0.5) is 0 Å². The predicted molar refractivity (Wildman–Crippen MR) is 51.2 cm³/mol. The molecule has 0 aromatic heterocycles. The van der Waals surface area contributed by atoms with E-state index in [2.05, 4.69) is 6.58 Å². The van der Waals surface area contributed by atoms with Gasteiger partial charge in [0.05, 0.1) is 26.4 Å². The minimum Gasteiger partial charge on any atom is -0.391 e. The quantitative estimate of drug-likeness (QED) is 0.339. The van der Waals surface area contributed by atoms with Gasteiger partial charge in [-0.05, 0) is 6.08 Å². The molecule has 0 fully saturated rings. The summed E-state index contributed by atoms with van der Waals surface area (Å²) in [5.41, 5.74) is 0. The largest absolute Gasteiger partial charge is 0.391 e. The van der Waals surface area contributed by atoms with Crippen molar-refractivity contribution in [2.24, 2.45) is 0 Å². The second-order valence-corrected chi connectivity index (χ2v) is 3.15. The summed E-state index contributed by atoms with van der Waals surface area (Å²) in [6, 6.07) is 0. The van der Waals surface area contributed by atoms with Crippen LogP contribution in [0.25, 0.3) is 0 Å². The van der Waals surface area contributed by atoms with E-state index in [9.17, 15) is 0 Å². The minimum atomic E-state index is 0.0633. The molecule has 0 heterocycles. The van der Waals surface area contributed by atoms with Crippen molar-refractivity contribution in [2.75, 3.05) is 46.0 Å². The number of hydrogen-bond donors (Lipinski definition) is 3. The van der Waals surface area contributed by atoms with Crippen molar-refractivity contribution in [1.29, 1.82) is 0 Å².